The monoisotopic (exact) mass is 257 g/mol. The van der Waals surface area contributed by atoms with E-state index in [4.69, 9.17) is 4.74 Å². The van der Waals surface area contributed by atoms with E-state index in [0.29, 0.717) is 6.61 Å². The first-order valence-corrected chi connectivity index (χ1v) is 5.52. The third kappa shape index (κ3) is 4.22. The molecule has 0 saturated heterocycles. The maximum Gasteiger partial charge on any atom is 0.0721 e. The van der Waals surface area contributed by atoms with Crippen LogP contribution in [-0.2, 0) is 11.3 Å². The average Bonchev–Trinajstić information content (AvgIpc) is 2.15. The van der Waals surface area contributed by atoms with Crippen LogP contribution in [0.5, 0.6) is 0 Å². The summed E-state index contributed by atoms with van der Waals surface area (Å²) < 4.78 is 6.74. The molecule has 1 aromatic rings. The van der Waals surface area contributed by atoms with Crippen LogP contribution >= 0.6 is 15.9 Å². The van der Waals surface area contributed by atoms with Gasteiger partial charge < -0.3 is 10.1 Å². The third-order valence-electron chi connectivity index (χ3n) is 1.92. The number of nitrogens with one attached hydrogen (secondary N) is 1. The normalized spacial score (nSPS) is 12.8. The Kier molecular flexibility index (Phi) is 5.15. The van der Waals surface area contributed by atoms with E-state index in [1.807, 2.05) is 19.2 Å². The van der Waals surface area contributed by atoms with Gasteiger partial charge in [0.05, 0.1) is 12.7 Å². The molecule has 3 heteroatoms. The lowest BCUT2D eigenvalue weighted by molar-refractivity contribution is 0.0545. The Morgan fingerprint density at radius 3 is 2.93 bits per heavy atom. The maximum absolute atomic E-state index is 5.64. The molecule has 0 aromatic heterocycles. The summed E-state index contributed by atoms with van der Waals surface area (Å²) in [4.78, 5) is 0. The van der Waals surface area contributed by atoms with Crippen molar-refractivity contribution < 1.29 is 4.74 Å². The molecule has 0 fully saturated rings. The Morgan fingerprint density at radius 2 is 2.29 bits per heavy atom. The zero-order chi connectivity index (χ0) is 10.4. The zero-order valence-corrected chi connectivity index (χ0v) is 10.2. The van der Waals surface area contributed by atoms with Crippen molar-refractivity contribution in [2.24, 2.45) is 0 Å². The van der Waals surface area contributed by atoms with Gasteiger partial charge in [-0.25, -0.2) is 0 Å². The van der Waals surface area contributed by atoms with Crippen molar-refractivity contribution in [3.63, 3.8) is 0 Å². The Labute approximate surface area is 93.8 Å². The van der Waals surface area contributed by atoms with Crippen LogP contribution in [-0.4, -0.2) is 19.7 Å². The molecule has 14 heavy (non-hydrogen) atoms. The van der Waals surface area contributed by atoms with Crippen LogP contribution < -0.4 is 5.32 Å². The van der Waals surface area contributed by atoms with E-state index in [1.165, 1.54) is 5.56 Å². The van der Waals surface area contributed by atoms with Crippen molar-refractivity contribution in [1.82, 2.24) is 5.32 Å². The van der Waals surface area contributed by atoms with E-state index in [0.717, 1.165) is 11.0 Å². The molecule has 1 N–H and O–H groups in total. The second kappa shape index (κ2) is 6.17. The predicted octanol–water partition coefficient (Wildman–Crippen LogP) is 2.57. The van der Waals surface area contributed by atoms with Crippen LogP contribution in [0.4, 0.5) is 0 Å². The summed E-state index contributed by atoms with van der Waals surface area (Å²) in [6.45, 7) is 3.62. The number of halogens is 1. The van der Waals surface area contributed by atoms with E-state index in [2.05, 4.69) is 40.3 Å². The summed E-state index contributed by atoms with van der Waals surface area (Å²) in [6.07, 6.45) is 0.249. The van der Waals surface area contributed by atoms with Gasteiger partial charge in [-0.1, -0.05) is 28.1 Å². The summed E-state index contributed by atoms with van der Waals surface area (Å²) in [5.74, 6) is 0. The van der Waals surface area contributed by atoms with Gasteiger partial charge >= 0.3 is 0 Å². The fourth-order valence-electron chi connectivity index (χ4n) is 1.21. The molecule has 0 heterocycles. The van der Waals surface area contributed by atoms with Crippen LogP contribution in [0.15, 0.2) is 28.7 Å². The highest BCUT2D eigenvalue weighted by atomic mass is 79.9. The average molecular weight is 258 g/mol. The lowest BCUT2D eigenvalue weighted by Gasteiger charge is -2.12. The highest BCUT2D eigenvalue weighted by Gasteiger charge is 2.00. The molecule has 78 valence electrons. The van der Waals surface area contributed by atoms with Crippen molar-refractivity contribution in [2.45, 2.75) is 19.6 Å². The summed E-state index contributed by atoms with van der Waals surface area (Å²) in [7, 11) is 1.93. The number of rotatable bonds is 5. The number of likely N-dealkylation sites (N-methyl/N-ethyl adjacent to an activating group) is 1. The van der Waals surface area contributed by atoms with Crippen molar-refractivity contribution in [2.75, 3.05) is 13.6 Å². The van der Waals surface area contributed by atoms with Gasteiger partial charge in [0.1, 0.15) is 0 Å². The minimum Gasteiger partial charge on any atom is -0.373 e. The van der Waals surface area contributed by atoms with Crippen molar-refractivity contribution in [1.29, 1.82) is 0 Å². The second-order valence-corrected chi connectivity index (χ2v) is 4.22. The molecule has 0 spiro atoms. The van der Waals surface area contributed by atoms with Crippen molar-refractivity contribution in [3.05, 3.63) is 34.3 Å². The fourth-order valence-corrected chi connectivity index (χ4v) is 1.66. The third-order valence-corrected chi connectivity index (χ3v) is 2.41. The molecule has 1 unspecified atom stereocenters. The quantitative estimate of drug-likeness (QED) is 0.876. The summed E-state index contributed by atoms with van der Waals surface area (Å²) in [5, 5.41) is 3.08. The second-order valence-electron chi connectivity index (χ2n) is 3.31. The topological polar surface area (TPSA) is 21.3 Å². The predicted molar refractivity (Wildman–Crippen MR) is 62.3 cm³/mol. The molecule has 0 amide bonds. The highest BCUT2D eigenvalue weighted by molar-refractivity contribution is 9.10. The first-order chi connectivity index (χ1) is 6.72. The highest BCUT2D eigenvalue weighted by Crippen LogP contribution is 2.12. The van der Waals surface area contributed by atoms with Gasteiger partial charge in [-0.15, -0.1) is 0 Å². The molecule has 0 aliphatic carbocycles. The first-order valence-electron chi connectivity index (χ1n) is 4.73. The van der Waals surface area contributed by atoms with E-state index < -0.39 is 0 Å². The van der Waals surface area contributed by atoms with Crippen LogP contribution in [0.3, 0.4) is 0 Å². The minimum atomic E-state index is 0.249. The molecule has 0 aliphatic rings. The Morgan fingerprint density at radius 1 is 1.50 bits per heavy atom. The first kappa shape index (κ1) is 11.7. The Bertz CT molecular complexity index is 278. The molecule has 0 bridgehead atoms. The van der Waals surface area contributed by atoms with Crippen molar-refractivity contribution in [3.8, 4) is 0 Å². The van der Waals surface area contributed by atoms with E-state index in [9.17, 15) is 0 Å². The molecule has 1 rings (SSSR count). The molecule has 1 atom stereocenters. The molecular formula is C11H16BrNO. The summed E-state index contributed by atoms with van der Waals surface area (Å²) in [6, 6.07) is 8.18. The largest absolute Gasteiger partial charge is 0.373 e. The maximum atomic E-state index is 5.64. The van der Waals surface area contributed by atoms with Gasteiger partial charge in [0, 0.05) is 11.0 Å². The molecule has 1 aromatic carbocycles. The minimum absolute atomic E-state index is 0.249. The lowest BCUT2D eigenvalue weighted by atomic mass is 10.2. The van der Waals surface area contributed by atoms with Crippen molar-refractivity contribution >= 4 is 15.9 Å². The Hall–Kier alpha value is -0.380. The lowest BCUT2D eigenvalue weighted by Crippen LogP contribution is -2.23. The van der Waals surface area contributed by atoms with Crippen LogP contribution in [0.25, 0.3) is 0 Å². The zero-order valence-electron chi connectivity index (χ0n) is 8.59. The van der Waals surface area contributed by atoms with Gasteiger partial charge in [0.15, 0.2) is 0 Å². The molecule has 0 aliphatic heterocycles. The summed E-state index contributed by atoms with van der Waals surface area (Å²) in [5.41, 5.74) is 1.20. The molecular weight excluding hydrogens is 242 g/mol. The number of benzene rings is 1. The Balaban J connectivity index is 2.37. The van der Waals surface area contributed by atoms with E-state index in [1.54, 1.807) is 0 Å². The number of hydrogen-bond donors (Lipinski definition) is 1. The fraction of sp³-hybridized carbons (Fsp3) is 0.455. The summed E-state index contributed by atoms with van der Waals surface area (Å²) >= 11 is 3.43. The van der Waals surface area contributed by atoms with Crippen LogP contribution in [0.1, 0.15) is 12.5 Å². The SMILES string of the molecule is CNCC(C)OCc1cccc(Br)c1. The van der Waals surface area contributed by atoms with Gasteiger partial charge in [-0.2, -0.15) is 0 Å². The van der Waals surface area contributed by atoms with E-state index >= 15 is 0 Å². The molecule has 0 saturated carbocycles. The van der Waals surface area contributed by atoms with Gasteiger partial charge in [-0.05, 0) is 31.7 Å². The van der Waals surface area contributed by atoms with Gasteiger partial charge in [0.2, 0.25) is 0 Å². The number of ether oxygens (including phenoxy) is 1. The van der Waals surface area contributed by atoms with E-state index in [-0.39, 0.29) is 6.10 Å². The standard InChI is InChI=1S/C11H16BrNO/c1-9(7-13-2)14-8-10-4-3-5-11(12)6-10/h3-6,9,13H,7-8H2,1-2H3. The van der Waals surface area contributed by atoms with Crippen LogP contribution in [0, 0.1) is 0 Å². The van der Waals surface area contributed by atoms with Gasteiger partial charge in [0.25, 0.3) is 0 Å². The number of hydrogen-bond acceptors (Lipinski definition) is 2. The molecule has 2 nitrogen and oxygen atoms in total. The smallest absolute Gasteiger partial charge is 0.0721 e. The van der Waals surface area contributed by atoms with Crippen LogP contribution in [0.2, 0.25) is 0 Å². The van der Waals surface area contributed by atoms with Gasteiger partial charge in [-0.3, -0.25) is 0 Å². The molecule has 0 radical (unpaired) electrons.